The Balaban J connectivity index is -0.000000664. The van der Waals surface area contributed by atoms with Crippen LogP contribution in [-0.4, -0.2) is 77.1 Å². The van der Waals surface area contributed by atoms with Gasteiger partial charge in [0.2, 0.25) is 0 Å². The van der Waals surface area contributed by atoms with Gasteiger partial charge in [0.25, 0.3) is 0 Å². The van der Waals surface area contributed by atoms with Crippen molar-refractivity contribution >= 4 is 122 Å². The fourth-order valence-electron chi connectivity index (χ4n) is 4.51. The second-order valence-electron chi connectivity index (χ2n) is 11.5. The summed E-state index contributed by atoms with van der Waals surface area (Å²) in [5.41, 5.74) is 4.61. The number of carbonyl (C=O) groups is 3. The molecule has 4 aromatic rings. The first-order chi connectivity index (χ1) is 27.5. The van der Waals surface area contributed by atoms with Gasteiger partial charge in [0.1, 0.15) is 27.7 Å². The molecule has 2 aromatic carbocycles. The second-order valence-corrected chi connectivity index (χ2v) is 46.9. The third kappa shape index (κ3) is 28.0. The molecule has 0 spiro atoms. The Labute approximate surface area is 391 Å². The van der Waals surface area contributed by atoms with Gasteiger partial charge in [-0.15, -0.1) is 5.47 Å². The molecule has 2 N–H and O–H groups in total. The minimum atomic E-state index is -1.08. The van der Waals surface area contributed by atoms with Gasteiger partial charge in [-0.3, -0.25) is 14.6 Å². The summed E-state index contributed by atoms with van der Waals surface area (Å²) in [6.45, 7) is 17.9. The number of aryl methyl sites for hydroxylation is 2. The summed E-state index contributed by atoms with van der Waals surface area (Å²) in [5.74, 6) is 0.834. The van der Waals surface area contributed by atoms with E-state index in [2.05, 4.69) is 89.4 Å². The van der Waals surface area contributed by atoms with Crippen LogP contribution >= 0.6 is 59.9 Å². The van der Waals surface area contributed by atoms with Crippen LogP contribution < -0.4 is 15.5 Å². The first-order valence-corrected chi connectivity index (χ1v) is 31.9. The normalized spacial score (nSPS) is 14.1. The standard InChI is InChI=1S/C14H12BNO.C10H9NO.C5H11N.C4H5BO.C4H6O5.2C2H6.CH4.3HI.V/c1-9-10-7-8-14(2,15)17-13(10)11-5-3-4-6-12(11)16-9;1-7-6-10(12)8-4-2-3-5-9(8)11-7;1-2-4-6-5-3-1;1-4(5)2-3-6;1-7-3(5)9-4(6)8-2;2*1-2;;;;;/h3-8H,1-2H3;2-6H,1H3,(H,11,12);6H,1-5H2;2-3H,1H3;1-2H3;2*1-2H3;1H4;3*1H;/q;;;;;;;;;;;+3/p-3/b;;;4-2-;;;;;;;;. The van der Waals surface area contributed by atoms with E-state index in [1.54, 1.807) is 13.0 Å². The Morgan fingerprint density at radius 3 is 1.86 bits per heavy atom. The molecule has 2 aliphatic heterocycles. The molecule has 0 aliphatic carbocycles. The zero-order chi connectivity index (χ0) is 44.7. The van der Waals surface area contributed by atoms with Crippen molar-refractivity contribution in [2.24, 2.45) is 0 Å². The number of aromatic amines is 1. The van der Waals surface area contributed by atoms with E-state index < -0.39 is 17.8 Å². The van der Waals surface area contributed by atoms with E-state index in [-0.39, 0.29) is 17.8 Å². The van der Waals surface area contributed by atoms with Crippen LogP contribution in [-0.2, 0) is 23.9 Å². The third-order valence-corrected chi connectivity index (χ3v) is 6.88. The molecule has 4 radical (unpaired) electrons. The molecule has 6 rings (SSSR count). The number of ether oxygens (including phenoxy) is 4. The van der Waals surface area contributed by atoms with Crippen LogP contribution in [0.3, 0.4) is 0 Å². The van der Waals surface area contributed by atoms with Crippen LogP contribution in [0.1, 0.15) is 85.2 Å². The summed E-state index contributed by atoms with van der Waals surface area (Å²) in [5, 5.41) is 5.05. The van der Waals surface area contributed by atoms with Crippen molar-refractivity contribution in [1.29, 1.82) is 0 Å². The predicted octanol–water partition coefficient (Wildman–Crippen LogP) is 11.6. The van der Waals surface area contributed by atoms with Crippen LogP contribution in [0.5, 0.6) is 5.75 Å². The number of allylic oxidation sites excluding steroid dienone is 2. The summed E-state index contributed by atoms with van der Waals surface area (Å²) < 4.78 is 17.6. The number of H-pyrrole nitrogens is 1. The van der Waals surface area contributed by atoms with E-state index in [1.807, 2.05) is 109 Å². The van der Waals surface area contributed by atoms with Crippen LogP contribution in [0.2, 0.25) is 0 Å². The van der Waals surface area contributed by atoms with Gasteiger partial charge in [-0.25, -0.2) is 9.59 Å². The maximum atomic E-state index is 11.4. The average Bonchev–Trinajstić information content (AvgIpc) is 3.20. The van der Waals surface area contributed by atoms with Gasteiger partial charge in [-0.2, -0.15) is 0 Å². The number of pyridine rings is 2. The molecular weight excluding hydrogens is 1130 g/mol. The first-order valence-electron chi connectivity index (χ1n) is 18.4. The molecule has 0 saturated carbocycles. The van der Waals surface area contributed by atoms with Crippen molar-refractivity contribution in [3.05, 3.63) is 99.4 Å². The van der Waals surface area contributed by atoms with E-state index in [0.29, 0.717) is 11.8 Å². The van der Waals surface area contributed by atoms with E-state index in [9.17, 15) is 19.2 Å². The van der Waals surface area contributed by atoms with E-state index >= 15 is 0 Å². The van der Waals surface area contributed by atoms with E-state index in [1.165, 1.54) is 38.4 Å². The van der Waals surface area contributed by atoms with Crippen molar-refractivity contribution in [2.45, 2.75) is 87.6 Å². The number of carbonyl (C=O) groups excluding carboxylic acids is 3. The molecule has 2 aromatic heterocycles. The molecule has 2 aliphatic rings. The van der Waals surface area contributed by atoms with Crippen molar-refractivity contribution < 1.29 is 38.3 Å². The number of halogens is 3. The van der Waals surface area contributed by atoms with Crippen molar-refractivity contribution in [2.75, 3.05) is 27.3 Å². The van der Waals surface area contributed by atoms with Crippen LogP contribution in [0.25, 0.3) is 27.9 Å². The zero-order valence-corrected chi connectivity index (χ0v) is 42.9. The summed E-state index contributed by atoms with van der Waals surface area (Å²) >= 11 is 7.39. The Morgan fingerprint density at radius 2 is 1.42 bits per heavy atom. The van der Waals surface area contributed by atoms with Gasteiger partial charge >= 0.3 is 77.2 Å². The number of hydrogen-bond acceptors (Lipinski definition) is 10. The third-order valence-electron chi connectivity index (χ3n) is 6.88. The van der Waals surface area contributed by atoms with Gasteiger partial charge in [-0.1, -0.05) is 84.9 Å². The number of aldehydes is 1. The number of nitrogens with one attached hydrogen (secondary N) is 2. The molecule has 1 atom stereocenters. The van der Waals surface area contributed by atoms with Crippen molar-refractivity contribution in [3.8, 4) is 5.75 Å². The van der Waals surface area contributed by atoms with Crippen LogP contribution in [0.15, 0.2) is 77.0 Å². The molecule has 0 amide bonds. The number of fused-ring (bicyclic) bond motifs is 4. The molecule has 59 heavy (non-hydrogen) atoms. The van der Waals surface area contributed by atoms with Crippen molar-refractivity contribution in [3.63, 3.8) is 0 Å². The van der Waals surface area contributed by atoms with E-state index in [0.717, 1.165) is 58.7 Å². The summed E-state index contributed by atoms with van der Waals surface area (Å²) in [7, 11) is 13.2. The van der Waals surface area contributed by atoms with Gasteiger partial charge in [-0.05, 0) is 77.0 Å². The molecule has 1 fully saturated rings. The van der Waals surface area contributed by atoms with Gasteiger partial charge < -0.3 is 29.2 Å². The maximum absolute atomic E-state index is 11.4. The molecule has 11 nitrogen and oxygen atoms in total. The Kier molecular flexibility index (Phi) is 37.5. The Morgan fingerprint density at radius 1 is 0.915 bits per heavy atom. The van der Waals surface area contributed by atoms with Gasteiger partial charge in [0, 0.05) is 39.3 Å². The molecule has 1 unspecified atom stereocenters. The molecule has 322 valence electrons. The minimum absolute atomic E-state index is 0. The monoisotopic (exact) mass is 1190 g/mol. The summed E-state index contributed by atoms with van der Waals surface area (Å²) in [6.07, 6.45) is 7.87. The number of methoxy groups -OCH3 is 2. The molecule has 17 heteroatoms. The molecule has 4 heterocycles. The number of benzene rings is 2. The van der Waals surface area contributed by atoms with Crippen molar-refractivity contribution in [1.82, 2.24) is 15.3 Å². The SMILES string of the molecule is C.C1CCNCC1.CC.CC.COC(=O)OC(=O)OC.Cc1cc(=O)c2ccccc2[nH]1.[B]/C(C)=C\C=O.[B]C1(C)C=Cc2c(C)nc3ccccc3c2O1.[I][V]([I])[I]. The van der Waals surface area contributed by atoms with Crippen LogP contribution in [0, 0.1) is 13.8 Å². The number of para-hydroxylation sites is 2. The van der Waals surface area contributed by atoms with Gasteiger partial charge in [0.05, 0.1) is 25.2 Å². The van der Waals surface area contributed by atoms with Crippen LogP contribution in [0.4, 0.5) is 9.59 Å². The first kappa shape index (κ1) is 60.9. The molecule has 0 bridgehead atoms. The van der Waals surface area contributed by atoms with Gasteiger partial charge in [0.15, 0.2) is 5.43 Å². The Bertz CT molecular complexity index is 1890. The zero-order valence-electron chi connectivity index (χ0n) is 35.0. The Hall–Kier alpha value is -2.39. The fraction of sp³-hybridized carbons (Fsp3) is 0.405. The second kappa shape index (κ2) is 36.3. The number of nitrogens with zero attached hydrogens (tertiary/aromatic N) is 1. The fourth-order valence-corrected chi connectivity index (χ4v) is 4.51. The number of aromatic nitrogens is 2. The molecule has 1 saturated heterocycles. The number of piperidine rings is 1. The van der Waals surface area contributed by atoms with E-state index in [4.69, 9.17) is 20.4 Å². The topological polar surface area (TPSA) is 146 Å². The predicted molar refractivity (Wildman–Crippen MR) is 269 cm³/mol. The molecular formula is C42H59B2I3N3O8V. The quantitative estimate of drug-likeness (QED) is 0.0472. The number of rotatable bonds is 1. The average molecular weight is 1190 g/mol. The number of hydrogen-bond donors (Lipinski definition) is 2. The summed E-state index contributed by atoms with van der Waals surface area (Å²) in [4.78, 5) is 48.3. The summed E-state index contributed by atoms with van der Waals surface area (Å²) in [6, 6.07) is 17.1.